The van der Waals surface area contributed by atoms with Gasteiger partial charge in [-0.1, -0.05) is 24.3 Å². The maximum absolute atomic E-state index is 13.5. The van der Waals surface area contributed by atoms with Crippen LogP contribution < -0.4 is 10.1 Å². The molecule has 1 saturated carbocycles. The molecule has 2 saturated heterocycles. The number of fused-ring (bicyclic) bond motifs is 5. The molecule has 0 unspecified atom stereocenters. The number of rotatable bonds is 3. The van der Waals surface area contributed by atoms with Crippen molar-refractivity contribution in [1.29, 1.82) is 0 Å². The van der Waals surface area contributed by atoms with Crippen LogP contribution in [-0.4, -0.2) is 88.5 Å². The second-order valence-electron chi connectivity index (χ2n) is 12.3. The molecule has 4 heterocycles. The molecule has 0 radical (unpaired) electrons. The summed E-state index contributed by atoms with van der Waals surface area (Å²) >= 11 is 0. The molecule has 2 amide bonds. The zero-order valence-corrected chi connectivity index (χ0v) is 24.4. The molecular formula is C34H39N5O4. The summed E-state index contributed by atoms with van der Waals surface area (Å²) in [6.45, 7) is 4.45. The Morgan fingerprint density at radius 1 is 0.814 bits per heavy atom. The maximum Gasteiger partial charge on any atom is 0.253 e. The molecule has 7 rings (SSSR count). The smallest absolute Gasteiger partial charge is 0.253 e. The third-order valence-electron chi connectivity index (χ3n) is 9.13. The zero-order chi connectivity index (χ0) is 29.2. The van der Waals surface area contributed by atoms with E-state index in [4.69, 9.17) is 9.47 Å². The molecule has 9 nitrogen and oxygen atoms in total. The Balaban J connectivity index is 1.06. The number of ether oxygens (including phenoxy) is 2. The molecule has 2 atom stereocenters. The van der Waals surface area contributed by atoms with Crippen LogP contribution in [0.4, 0.5) is 0 Å². The predicted molar refractivity (Wildman–Crippen MR) is 162 cm³/mol. The summed E-state index contributed by atoms with van der Waals surface area (Å²) in [5.41, 5.74) is 2.86. The van der Waals surface area contributed by atoms with E-state index in [1.807, 2.05) is 35.2 Å². The van der Waals surface area contributed by atoms with Gasteiger partial charge in [0.1, 0.15) is 11.5 Å². The van der Waals surface area contributed by atoms with E-state index in [0.29, 0.717) is 37.3 Å². The van der Waals surface area contributed by atoms with Crippen molar-refractivity contribution in [2.75, 3.05) is 32.7 Å². The fourth-order valence-electron chi connectivity index (χ4n) is 6.69. The van der Waals surface area contributed by atoms with Crippen LogP contribution >= 0.6 is 0 Å². The lowest BCUT2D eigenvalue weighted by atomic mass is 10.0. The molecule has 1 N–H and O–H groups in total. The molecule has 0 spiro atoms. The molecule has 4 aliphatic rings. The first-order valence-corrected chi connectivity index (χ1v) is 15.5. The second kappa shape index (κ2) is 12.4. The van der Waals surface area contributed by atoms with Crippen LogP contribution in [0, 0.1) is 0 Å². The Kier molecular flexibility index (Phi) is 8.10. The summed E-state index contributed by atoms with van der Waals surface area (Å²) < 4.78 is 12.8. The van der Waals surface area contributed by atoms with E-state index in [0.717, 1.165) is 74.5 Å². The average molecular weight is 582 g/mol. The number of carbonyl (C=O) groups is 2. The largest absolute Gasteiger partial charge is 0.457 e. The topological polar surface area (TPSA) is 87.2 Å². The van der Waals surface area contributed by atoms with Crippen LogP contribution in [0.1, 0.15) is 47.2 Å². The Morgan fingerprint density at radius 3 is 2.26 bits per heavy atom. The molecule has 9 heteroatoms. The lowest BCUT2D eigenvalue weighted by Crippen LogP contribution is -2.49. The van der Waals surface area contributed by atoms with Crippen molar-refractivity contribution in [3.05, 3.63) is 89.7 Å². The van der Waals surface area contributed by atoms with Gasteiger partial charge in [0.15, 0.2) is 0 Å². The zero-order valence-electron chi connectivity index (χ0n) is 24.4. The number of piperidine rings is 1. The van der Waals surface area contributed by atoms with Gasteiger partial charge in [-0.3, -0.25) is 24.4 Å². The third-order valence-corrected chi connectivity index (χ3v) is 9.13. The van der Waals surface area contributed by atoms with Crippen LogP contribution in [0.3, 0.4) is 0 Å². The Labute approximate surface area is 252 Å². The summed E-state index contributed by atoms with van der Waals surface area (Å²) in [5, 5.41) is 3.36. The van der Waals surface area contributed by atoms with E-state index in [1.165, 1.54) is 0 Å². The average Bonchev–Trinajstić information content (AvgIpc) is 3.81. The minimum atomic E-state index is -0.125. The summed E-state index contributed by atoms with van der Waals surface area (Å²) in [6.07, 6.45) is 7.26. The molecular weight excluding hydrogens is 542 g/mol. The van der Waals surface area contributed by atoms with Crippen LogP contribution in [0.5, 0.6) is 11.5 Å². The minimum Gasteiger partial charge on any atom is -0.457 e. The molecule has 4 bridgehead atoms. The van der Waals surface area contributed by atoms with Crippen molar-refractivity contribution in [1.82, 2.24) is 25.0 Å². The van der Waals surface area contributed by atoms with E-state index in [2.05, 4.69) is 38.3 Å². The Hall–Kier alpha value is -3.79. The van der Waals surface area contributed by atoms with Crippen LogP contribution in [-0.2, 0) is 22.7 Å². The van der Waals surface area contributed by atoms with Gasteiger partial charge in [-0.15, -0.1) is 0 Å². The molecule has 3 fully saturated rings. The van der Waals surface area contributed by atoms with E-state index in [-0.39, 0.29) is 24.0 Å². The highest BCUT2D eigenvalue weighted by molar-refractivity contribution is 5.94. The molecule has 2 aromatic carbocycles. The predicted octanol–water partition coefficient (Wildman–Crippen LogP) is 3.84. The van der Waals surface area contributed by atoms with Gasteiger partial charge in [-0.05, 0) is 73.2 Å². The Bertz CT molecular complexity index is 1440. The van der Waals surface area contributed by atoms with Crippen molar-refractivity contribution in [2.45, 2.75) is 63.1 Å². The quantitative estimate of drug-likeness (QED) is 0.503. The first-order chi connectivity index (χ1) is 21.1. The highest BCUT2D eigenvalue weighted by Crippen LogP contribution is 2.31. The summed E-state index contributed by atoms with van der Waals surface area (Å²) in [6, 6.07) is 20.5. The summed E-state index contributed by atoms with van der Waals surface area (Å²) in [5.74, 6) is 1.69. The van der Waals surface area contributed by atoms with Crippen LogP contribution in [0.25, 0.3) is 0 Å². The number of pyridine rings is 1. The maximum atomic E-state index is 13.5. The summed E-state index contributed by atoms with van der Waals surface area (Å²) in [7, 11) is 0. The van der Waals surface area contributed by atoms with Gasteiger partial charge in [-0.2, -0.15) is 0 Å². The molecule has 3 aliphatic heterocycles. The van der Waals surface area contributed by atoms with Gasteiger partial charge in [0.2, 0.25) is 5.91 Å². The number of nitrogens with one attached hydrogen (secondary N) is 1. The van der Waals surface area contributed by atoms with Gasteiger partial charge in [0, 0.05) is 62.8 Å². The monoisotopic (exact) mass is 581 g/mol. The lowest BCUT2D eigenvalue weighted by Gasteiger charge is -2.36. The van der Waals surface area contributed by atoms with Crippen molar-refractivity contribution < 1.29 is 19.1 Å². The van der Waals surface area contributed by atoms with Crippen LogP contribution in [0.15, 0.2) is 73.1 Å². The fourth-order valence-corrected chi connectivity index (χ4v) is 6.69. The van der Waals surface area contributed by atoms with Gasteiger partial charge in [0.25, 0.3) is 5.91 Å². The van der Waals surface area contributed by atoms with Gasteiger partial charge >= 0.3 is 0 Å². The number of likely N-dealkylation sites (tertiary alicyclic amines) is 2. The van der Waals surface area contributed by atoms with Crippen molar-refractivity contribution in [3.8, 4) is 11.5 Å². The minimum absolute atomic E-state index is 0.0478. The highest BCUT2D eigenvalue weighted by atomic mass is 16.5. The molecule has 224 valence electrons. The first-order valence-electron chi connectivity index (χ1n) is 15.5. The van der Waals surface area contributed by atoms with Crippen molar-refractivity contribution in [2.24, 2.45) is 0 Å². The molecule has 43 heavy (non-hydrogen) atoms. The lowest BCUT2D eigenvalue weighted by molar-refractivity contribution is -0.124. The number of benzene rings is 2. The van der Waals surface area contributed by atoms with Crippen LogP contribution in [0.2, 0.25) is 0 Å². The van der Waals surface area contributed by atoms with Gasteiger partial charge < -0.3 is 19.7 Å². The number of nitrogens with zero attached hydrogens (tertiary/aromatic N) is 4. The number of amides is 2. The number of hydrogen-bond acceptors (Lipinski definition) is 7. The van der Waals surface area contributed by atoms with E-state index >= 15 is 0 Å². The number of carbonyl (C=O) groups excluding carboxylic acids is 2. The molecule has 1 aliphatic carbocycles. The van der Waals surface area contributed by atoms with Gasteiger partial charge in [0.05, 0.1) is 25.3 Å². The Morgan fingerprint density at radius 2 is 1.51 bits per heavy atom. The van der Waals surface area contributed by atoms with E-state index in [9.17, 15) is 9.59 Å². The standard InChI is InChI=1S/C34H39N5O4/c40-33-22-38(27-7-8-27)19-24-3-1-5-29(17-24)43-30-6-2-4-25(18-30)23-42-32-21-39(20-31(32)36-33)28-11-15-37(16-12-28)34(41)26-9-13-35-14-10-26/h1-6,9-10,13-14,17-18,27-28,31-32H,7-8,11-12,15-16,19-23H2,(H,36,40)/t31-,32-/m0/s1. The molecule has 3 aromatic rings. The number of hydrogen-bond donors (Lipinski definition) is 1. The highest BCUT2D eigenvalue weighted by Gasteiger charge is 2.40. The normalized spacial score (nSPS) is 24.2. The van der Waals surface area contributed by atoms with Gasteiger partial charge in [-0.25, -0.2) is 0 Å². The molecule has 1 aromatic heterocycles. The first kappa shape index (κ1) is 28.0. The van der Waals surface area contributed by atoms with Crippen molar-refractivity contribution in [3.63, 3.8) is 0 Å². The fraction of sp³-hybridized carbons (Fsp3) is 0.441. The number of aromatic nitrogens is 1. The SMILES string of the molecule is O=C1CN(C2CC2)Cc2cccc(c2)Oc2cccc(c2)CO[C@H]2CN(C3CCN(C(=O)c4ccncc4)CC3)C[C@@H]2N1. The van der Waals surface area contributed by atoms with E-state index < -0.39 is 0 Å². The second-order valence-corrected chi connectivity index (χ2v) is 12.3. The third kappa shape index (κ3) is 6.74. The summed E-state index contributed by atoms with van der Waals surface area (Å²) in [4.78, 5) is 37.2. The van der Waals surface area contributed by atoms with E-state index in [1.54, 1.807) is 24.5 Å². The van der Waals surface area contributed by atoms with Crippen molar-refractivity contribution >= 4 is 11.8 Å².